The van der Waals surface area contributed by atoms with Crippen LogP contribution in [0.25, 0.3) is 0 Å². The molecule has 1 aromatic carbocycles. The minimum Gasteiger partial charge on any atom is -0.399 e. The quantitative estimate of drug-likeness (QED) is 0.575. The number of nitrogens with zero attached hydrogens (tertiary/aromatic N) is 1. The zero-order valence-corrected chi connectivity index (χ0v) is 11.0. The molecule has 1 aromatic rings. The van der Waals surface area contributed by atoms with Gasteiger partial charge in [0, 0.05) is 12.2 Å². The topological polar surface area (TPSA) is 75.4 Å². The predicted octanol–water partition coefficient (Wildman–Crippen LogP) is 0.499. The molecule has 6 heteroatoms. The van der Waals surface area contributed by atoms with Gasteiger partial charge in [-0.2, -0.15) is 0 Å². The molecule has 1 rings (SSSR count). The van der Waals surface area contributed by atoms with Gasteiger partial charge in [-0.1, -0.05) is 0 Å². The summed E-state index contributed by atoms with van der Waals surface area (Å²) in [6.07, 6.45) is 0.779. The fourth-order valence-corrected chi connectivity index (χ4v) is 2.41. The van der Waals surface area contributed by atoms with Crippen molar-refractivity contribution in [2.75, 3.05) is 32.9 Å². The number of sulfonamides is 1. The lowest BCUT2D eigenvalue weighted by atomic mass is 10.3. The smallest absolute Gasteiger partial charge is 0.240 e. The van der Waals surface area contributed by atoms with Crippen molar-refractivity contribution in [3.8, 4) is 0 Å². The third kappa shape index (κ3) is 4.72. The van der Waals surface area contributed by atoms with E-state index < -0.39 is 10.0 Å². The number of nitrogens with one attached hydrogen (secondary N) is 1. The van der Waals surface area contributed by atoms with Crippen molar-refractivity contribution >= 4 is 15.7 Å². The van der Waals surface area contributed by atoms with Crippen molar-refractivity contribution in [2.45, 2.75) is 11.3 Å². The van der Waals surface area contributed by atoms with Gasteiger partial charge in [0.15, 0.2) is 0 Å². The van der Waals surface area contributed by atoms with Gasteiger partial charge in [-0.15, -0.1) is 0 Å². The molecule has 0 fully saturated rings. The average Bonchev–Trinajstić information content (AvgIpc) is 2.25. The second-order valence-electron chi connectivity index (χ2n) is 4.12. The summed E-state index contributed by atoms with van der Waals surface area (Å²) >= 11 is 0. The van der Waals surface area contributed by atoms with Gasteiger partial charge in [-0.3, -0.25) is 0 Å². The Morgan fingerprint density at radius 3 is 2.35 bits per heavy atom. The van der Waals surface area contributed by atoms with E-state index in [4.69, 9.17) is 5.73 Å². The highest BCUT2D eigenvalue weighted by atomic mass is 32.2. The summed E-state index contributed by atoms with van der Waals surface area (Å²) < 4.78 is 26.2. The number of nitrogen functional groups attached to an aromatic ring is 1. The molecule has 96 valence electrons. The Hall–Kier alpha value is -1.11. The Morgan fingerprint density at radius 1 is 1.24 bits per heavy atom. The van der Waals surface area contributed by atoms with Crippen molar-refractivity contribution in [2.24, 2.45) is 0 Å². The summed E-state index contributed by atoms with van der Waals surface area (Å²) in [5.74, 6) is 0. The number of hydrogen-bond acceptors (Lipinski definition) is 4. The van der Waals surface area contributed by atoms with E-state index >= 15 is 0 Å². The second-order valence-corrected chi connectivity index (χ2v) is 5.89. The molecule has 17 heavy (non-hydrogen) atoms. The van der Waals surface area contributed by atoms with Crippen molar-refractivity contribution in [3.63, 3.8) is 0 Å². The molecule has 0 aliphatic carbocycles. The summed E-state index contributed by atoms with van der Waals surface area (Å²) in [5, 5.41) is 0. The number of hydrogen-bond donors (Lipinski definition) is 2. The van der Waals surface area contributed by atoms with Crippen LogP contribution in [0, 0.1) is 0 Å². The molecule has 0 radical (unpaired) electrons. The van der Waals surface area contributed by atoms with Crippen LogP contribution in [0.15, 0.2) is 29.2 Å². The Bertz CT molecular complexity index is 440. The normalized spacial score (nSPS) is 11.9. The molecule has 0 bridgehead atoms. The Morgan fingerprint density at radius 2 is 1.82 bits per heavy atom. The van der Waals surface area contributed by atoms with Crippen LogP contribution in [0.5, 0.6) is 0 Å². The van der Waals surface area contributed by atoms with Crippen LogP contribution < -0.4 is 10.5 Å². The number of nitrogens with two attached hydrogens (primary N) is 1. The van der Waals surface area contributed by atoms with Crippen LogP contribution >= 0.6 is 0 Å². The minimum atomic E-state index is -3.40. The fraction of sp³-hybridized carbons (Fsp3) is 0.455. The van der Waals surface area contributed by atoms with Gasteiger partial charge in [-0.25, -0.2) is 13.1 Å². The highest BCUT2D eigenvalue weighted by Gasteiger charge is 2.12. The summed E-state index contributed by atoms with van der Waals surface area (Å²) in [4.78, 5) is 2.26. The predicted molar refractivity (Wildman–Crippen MR) is 69.2 cm³/mol. The van der Waals surface area contributed by atoms with Crippen LogP contribution in [-0.4, -0.2) is 40.5 Å². The molecule has 0 atom stereocenters. The number of benzene rings is 1. The molecule has 3 N–H and O–H groups in total. The van der Waals surface area contributed by atoms with E-state index in [1.807, 2.05) is 19.0 Å². The van der Waals surface area contributed by atoms with Crippen molar-refractivity contribution in [1.29, 1.82) is 0 Å². The maximum atomic E-state index is 11.8. The number of anilines is 1. The van der Waals surface area contributed by atoms with Crippen LogP contribution in [-0.2, 0) is 10.0 Å². The Kier molecular flexibility index (Phi) is 4.92. The van der Waals surface area contributed by atoms with Gasteiger partial charge in [-0.05, 0) is 51.3 Å². The van der Waals surface area contributed by atoms with Gasteiger partial charge in [0.05, 0.1) is 4.90 Å². The molecule has 5 nitrogen and oxygen atoms in total. The molecule has 0 saturated heterocycles. The lowest BCUT2D eigenvalue weighted by molar-refractivity contribution is 0.400. The third-order valence-corrected chi connectivity index (χ3v) is 3.74. The SMILES string of the molecule is CN(C)CCCNS(=O)(=O)c1ccc(N)cc1. The summed E-state index contributed by atoms with van der Waals surface area (Å²) in [6, 6.07) is 6.16. The fourth-order valence-electron chi connectivity index (χ4n) is 1.33. The minimum absolute atomic E-state index is 0.247. The largest absolute Gasteiger partial charge is 0.399 e. The van der Waals surface area contributed by atoms with Crippen LogP contribution in [0.1, 0.15) is 6.42 Å². The van der Waals surface area contributed by atoms with E-state index in [0.29, 0.717) is 12.2 Å². The molecule has 0 aliphatic heterocycles. The van der Waals surface area contributed by atoms with Crippen LogP contribution in [0.3, 0.4) is 0 Å². The maximum Gasteiger partial charge on any atom is 0.240 e. The summed E-state index contributed by atoms with van der Waals surface area (Å²) in [6.45, 7) is 1.29. The van der Waals surface area contributed by atoms with E-state index in [9.17, 15) is 8.42 Å². The van der Waals surface area contributed by atoms with Gasteiger partial charge in [0.2, 0.25) is 10.0 Å². The molecule has 0 aliphatic rings. The molecule has 0 aromatic heterocycles. The standard InChI is InChI=1S/C11H19N3O2S/c1-14(2)9-3-8-13-17(15,16)11-6-4-10(12)5-7-11/h4-7,13H,3,8-9,12H2,1-2H3. The lowest BCUT2D eigenvalue weighted by Crippen LogP contribution is -2.27. The molecule has 0 spiro atoms. The first-order chi connectivity index (χ1) is 7.92. The number of rotatable bonds is 6. The van der Waals surface area contributed by atoms with E-state index in [1.54, 1.807) is 12.1 Å². The monoisotopic (exact) mass is 257 g/mol. The van der Waals surface area contributed by atoms with Crippen LogP contribution in [0.4, 0.5) is 5.69 Å². The first-order valence-electron chi connectivity index (χ1n) is 5.42. The van der Waals surface area contributed by atoms with Crippen LogP contribution in [0.2, 0.25) is 0 Å². The second kappa shape index (κ2) is 6.00. The van der Waals surface area contributed by atoms with Crippen molar-refractivity contribution in [1.82, 2.24) is 9.62 Å². The zero-order chi connectivity index (χ0) is 12.9. The van der Waals surface area contributed by atoms with Crippen molar-refractivity contribution < 1.29 is 8.42 Å². The highest BCUT2D eigenvalue weighted by molar-refractivity contribution is 7.89. The molecular formula is C11H19N3O2S. The average molecular weight is 257 g/mol. The van der Waals surface area contributed by atoms with Gasteiger partial charge in [0.25, 0.3) is 0 Å². The van der Waals surface area contributed by atoms with E-state index in [-0.39, 0.29) is 4.90 Å². The van der Waals surface area contributed by atoms with E-state index in [0.717, 1.165) is 13.0 Å². The molecule has 0 unspecified atom stereocenters. The summed E-state index contributed by atoms with van der Waals surface area (Å²) in [7, 11) is 0.507. The molecule has 0 amide bonds. The van der Waals surface area contributed by atoms with Gasteiger partial charge < -0.3 is 10.6 Å². The van der Waals surface area contributed by atoms with E-state index in [2.05, 4.69) is 4.72 Å². The van der Waals surface area contributed by atoms with Crippen molar-refractivity contribution in [3.05, 3.63) is 24.3 Å². The van der Waals surface area contributed by atoms with Gasteiger partial charge >= 0.3 is 0 Å². The molecule has 0 heterocycles. The Balaban J connectivity index is 2.54. The molecular weight excluding hydrogens is 238 g/mol. The zero-order valence-electron chi connectivity index (χ0n) is 10.2. The first-order valence-corrected chi connectivity index (χ1v) is 6.90. The van der Waals surface area contributed by atoms with Gasteiger partial charge in [0.1, 0.15) is 0 Å². The molecule has 0 saturated carbocycles. The first kappa shape index (κ1) is 14.0. The van der Waals surface area contributed by atoms with E-state index in [1.165, 1.54) is 12.1 Å². The third-order valence-electron chi connectivity index (χ3n) is 2.26. The lowest BCUT2D eigenvalue weighted by Gasteiger charge is -2.10. The maximum absolute atomic E-state index is 11.8. The summed E-state index contributed by atoms with van der Waals surface area (Å²) in [5.41, 5.74) is 6.06. The highest BCUT2D eigenvalue weighted by Crippen LogP contribution is 2.11. The Labute approximate surface area is 103 Å².